The first-order valence-corrected chi connectivity index (χ1v) is 7.45. The molecule has 1 saturated carbocycles. The van der Waals surface area contributed by atoms with Crippen LogP contribution in [0.25, 0.3) is 0 Å². The van der Waals surface area contributed by atoms with Crippen LogP contribution in [0.1, 0.15) is 53.4 Å². The van der Waals surface area contributed by atoms with Gasteiger partial charge in [0, 0.05) is 24.7 Å². The van der Waals surface area contributed by atoms with Gasteiger partial charge in [0.15, 0.2) is 0 Å². The third-order valence-corrected chi connectivity index (χ3v) is 5.33. The van der Waals surface area contributed by atoms with Crippen molar-refractivity contribution in [3.8, 4) is 0 Å². The summed E-state index contributed by atoms with van der Waals surface area (Å²) in [5.41, 5.74) is 6.48. The highest BCUT2D eigenvalue weighted by Gasteiger charge is 2.50. The van der Waals surface area contributed by atoms with Gasteiger partial charge in [0.05, 0.1) is 0 Å². The molecule has 0 amide bonds. The molecule has 2 N–H and O–H groups in total. The molecule has 0 spiro atoms. The molecule has 0 aromatic heterocycles. The lowest BCUT2D eigenvalue weighted by atomic mass is 9.62. The molecule has 2 aliphatic rings. The van der Waals surface area contributed by atoms with E-state index in [9.17, 15) is 0 Å². The van der Waals surface area contributed by atoms with Crippen LogP contribution < -0.4 is 5.73 Å². The number of nitrogens with two attached hydrogens (primary N) is 1. The summed E-state index contributed by atoms with van der Waals surface area (Å²) < 4.78 is 0. The lowest BCUT2D eigenvalue weighted by Crippen LogP contribution is -2.66. The van der Waals surface area contributed by atoms with Crippen LogP contribution >= 0.6 is 0 Å². The molecule has 0 aromatic carbocycles. The Morgan fingerprint density at radius 3 is 2.41 bits per heavy atom. The van der Waals surface area contributed by atoms with E-state index in [0.717, 1.165) is 30.3 Å². The van der Waals surface area contributed by atoms with Crippen molar-refractivity contribution in [3.63, 3.8) is 0 Å². The van der Waals surface area contributed by atoms with Crippen LogP contribution in [0, 0.1) is 17.8 Å². The van der Waals surface area contributed by atoms with Crippen molar-refractivity contribution in [2.75, 3.05) is 13.1 Å². The molecule has 100 valence electrons. The summed E-state index contributed by atoms with van der Waals surface area (Å²) in [5.74, 6) is 2.59. The van der Waals surface area contributed by atoms with E-state index in [-0.39, 0.29) is 0 Å². The van der Waals surface area contributed by atoms with Crippen LogP contribution in [0.2, 0.25) is 0 Å². The molecular weight excluding hydrogens is 208 g/mol. The maximum absolute atomic E-state index is 6.13. The van der Waals surface area contributed by atoms with E-state index >= 15 is 0 Å². The fraction of sp³-hybridized carbons (Fsp3) is 1.00. The van der Waals surface area contributed by atoms with Crippen LogP contribution in [0.15, 0.2) is 0 Å². The minimum absolute atomic E-state index is 0.350. The van der Waals surface area contributed by atoms with Crippen LogP contribution in [0.5, 0.6) is 0 Å². The third kappa shape index (κ3) is 2.39. The van der Waals surface area contributed by atoms with E-state index in [0.29, 0.717) is 5.54 Å². The summed E-state index contributed by atoms with van der Waals surface area (Å²) in [6, 6.07) is 0.739. The normalized spacial score (nSPS) is 43.8. The van der Waals surface area contributed by atoms with Crippen molar-refractivity contribution >= 4 is 0 Å². The summed E-state index contributed by atoms with van der Waals surface area (Å²) in [6.45, 7) is 11.6. The Hall–Kier alpha value is -0.0800. The van der Waals surface area contributed by atoms with Gasteiger partial charge in [-0.15, -0.1) is 0 Å². The maximum atomic E-state index is 6.13. The van der Waals surface area contributed by atoms with Gasteiger partial charge in [0.1, 0.15) is 0 Å². The Balaban J connectivity index is 2.03. The molecule has 2 unspecified atom stereocenters. The maximum Gasteiger partial charge on any atom is 0.0340 e. The summed E-state index contributed by atoms with van der Waals surface area (Å²) in [4.78, 5) is 2.75. The van der Waals surface area contributed by atoms with E-state index in [4.69, 9.17) is 5.73 Å². The molecule has 1 aliphatic carbocycles. The molecule has 0 aromatic rings. The van der Waals surface area contributed by atoms with Crippen LogP contribution in [-0.4, -0.2) is 29.6 Å². The third-order valence-electron chi connectivity index (χ3n) is 5.33. The summed E-state index contributed by atoms with van der Waals surface area (Å²) >= 11 is 0. The second-order valence-electron chi connectivity index (χ2n) is 7.02. The summed E-state index contributed by atoms with van der Waals surface area (Å²) in [7, 11) is 0. The van der Waals surface area contributed by atoms with Gasteiger partial charge in [-0.05, 0) is 50.4 Å². The Morgan fingerprint density at radius 2 is 1.88 bits per heavy atom. The molecule has 2 atom stereocenters. The highest BCUT2D eigenvalue weighted by atomic mass is 15.3. The molecule has 0 bridgehead atoms. The van der Waals surface area contributed by atoms with Gasteiger partial charge in [0.25, 0.3) is 0 Å². The van der Waals surface area contributed by atoms with E-state index in [1.165, 1.54) is 32.2 Å². The van der Waals surface area contributed by atoms with Gasteiger partial charge in [-0.3, -0.25) is 4.90 Å². The predicted molar refractivity (Wildman–Crippen MR) is 73.9 cm³/mol. The number of hydrogen-bond donors (Lipinski definition) is 1. The van der Waals surface area contributed by atoms with Gasteiger partial charge >= 0.3 is 0 Å². The first-order valence-electron chi connectivity index (χ1n) is 7.45. The Kier molecular flexibility index (Phi) is 3.84. The number of rotatable bonds is 3. The first kappa shape index (κ1) is 13.4. The second kappa shape index (κ2) is 4.89. The molecule has 2 rings (SSSR count). The fourth-order valence-corrected chi connectivity index (χ4v) is 3.86. The van der Waals surface area contributed by atoms with Crippen molar-refractivity contribution in [2.24, 2.45) is 23.5 Å². The molecule has 1 saturated heterocycles. The van der Waals surface area contributed by atoms with Gasteiger partial charge in [-0.25, -0.2) is 0 Å². The minimum Gasteiger partial charge on any atom is -0.329 e. The molecule has 1 aliphatic heterocycles. The first-order chi connectivity index (χ1) is 7.98. The Bertz CT molecular complexity index is 256. The summed E-state index contributed by atoms with van der Waals surface area (Å²) in [5, 5.41) is 0. The minimum atomic E-state index is 0.350. The SMILES string of the molecule is CC1CCC(C)N(C2(CN)CC(C(C)C)C2)C1. The molecular formula is C15H30N2. The van der Waals surface area contributed by atoms with Crippen molar-refractivity contribution in [1.82, 2.24) is 4.90 Å². The highest BCUT2D eigenvalue weighted by Crippen LogP contribution is 2.47. The fourth-order valence-electron chi connectivity index (χ4n) is 3.86. The van der Waals surface area contributed by atoms with Gasteiger partial charge in [-0.1, -0.05) is 20.8 Å². The average molecular weight is 238 g/mol. The summed E-state index contributed by atoms with van der Waals surface area (Å²) in [6.07, 6.45) is 5.41. The van der Waals surface area contributed by atoms with Gasteiger partial charge in [-0.2, -0.15) is 0 Å². The molecule has 0 radical (unpaired) electrons. The lowest BCUT2D eigenvalue weighted by molar-refractivity contribution is -0.0777. The van der Waals surface area contributed by atoms with E-state index in [1.54, 1.807) is 0 Å². The number of hydrogen-bond acceptors (Lipinski definition) is 2. The smallest absolute Gasteiger partial charge is 0.0340 e. The van der Waals surface area contributed by atoms with Crippen LogP contribution in [0.4, 0.5) is 0 Å². The van der Waals surface area contributed by atoms with Crippen molar-refractivity contribution in [2.45, 2.75) is 65.0 Å². The lowest BCUT2D eigenvalue weighted by Gasteiger charge is -2.59. The Labute approximate surface area is 107 Å². The largest absolute Gasteiger partial charge is 0.329 e. The molecule has 17 heavy (non-hydrogen) atoms. The number of nitrogens with zero attached hydrogens (tertiary/aromatic N) is 1. The molecule has 2 heteroatoms. The van der Waals surface area contributed by atoms with E-state index in [1.807, 2.05) is 0 Å². The topological polar surface area (TPSA) is 29.3 Å². The van der Waals surface area contributed by atoms with E-state index < -0.39 is 0 Å². The predicted octanol–water partition coefficient (Wildman–Crippen LogP) is 2.87. The van der Waals surface area contributed by atoms with E-state index in [2.05, 4.69) is 32.6 Å². The molecule has 2 nitrogen and oxygen atoms in total. The van der Waals surface area contributed by atoms with Gasteiger partial charge < -0.3 is 5.73 Å². The Morgan fingerprint density at radius 1 is 1.24 bits per heavy atom. The zero-order valence-electron chi connectivity index (χ0n) is 12.1. The van der Waals surface area contributed by atoms with Crippen LogP contribution in [-0.2, 0) is 0 Å². The number of piperidine rings is 1. The van der Waals surface area contributed by atoms with Crippen molar-refractivity contribution < 1.29 is 0 Å². The quantitative estimate of drug-likeness (QED) is 0.819. The zero-order chi connectivity index (χ0) is 12.6. The average Bonchev–Trinajstić information content (AvgIpc) is 2.22. The van der Waals surface area contributed by atoms with Gasteiger partial charge in [0.2, 0.25) is 0 Å². The highest BCUT2D eigenvalue weighted by molar-refractivity contribution is 5.06. The zero-order valence-corrected chi connectivity index (χ0v) is 12.1. The van der Waals surface area contributed by atoms with Crippen LogP contribution in [0.3, 0.4) is 0 Å². The second-order valence-corrected chi connectivity index (χ2v) is 7.02. The van der Waals surface area contributed by atoms with Crippen molar-refractivity contribution in [1.29, 1.82) is 0 Å². The standard InChI is InChI=1S/C15H30N2/c1-11(2)14-7-15(8-14,10-16)17-9-12(3)5-6-13(17)4/h11-14H,5-10,16H2,1-4H3. The van der Waals surface area contributed by atoms with Crippen molar-refractivity contribution in [3.05, 3.63) is 0 Å². The molecule has 2 fully saturated rings. The molecule has 1 heterocycles. The number of likely N-dealkylation sites (tertiary alicyclic amines) is 1. The monoisotopic (exact) mass is 238 g/mol.